The number of hydrogen-bond donors (Lipinski definition) is 0. The Hall–Kier alpha value is -0.860. The zero-order valence-corrected chi connectivity index (χ0v) is 10.8. The summed E-state index contributed by atoms with van der Waals surface area (Å²) in [4.78, 5) is 0. The smallest absolute Gasteiger partial charge is 0.113 e. The Labute approximate surface area is 108 Å². The fraction of sp³-hybridized carbons (Fsp3) is 0.625. The summed E-state index contributed by atoms with van der Waals surface area (Å²) >= 11 is 0. The van der Waals surface area contributed by atoms with Crippen molar-refractivity contribution in [1.29, 1.82) is 0 Å². The van der Waals surface area contributed by atoms with Crippen LogP contribution in [0.15, 0.2) is 30.3 Å². The van der Waals surface area contributed by atoms with Crippen LogP contribution in [-0.4, -0.2) is 23.9 Å². The summed E-state index contributed by atoms with van der Waals surface area (Å²) in [5.74, 6) is 0.637. The van der Waals surface area contributed by atoms with Gasteiger partial charge in [0.15, 0.2) is 0 Å². The zero-order valence-electron chi connectivity index (χ0n) is 10.8. The number of ether oxygens (including phenoxy) is 2. The highest BCUT2D eigenvalue weighted by Crippen LogP contribution is 2.51. The van der Waals surface area contributed by atoms with Crippen molar-refractivity contribution in [2.24, 2.45) is 0 Å². The first kappa shape index (κ1) is 11.0. The minimum atomic E-state index is -0.0510. The van der Waals surface area contributed by atoms with Crippen molar-refractivity contribution in [1.82, 2.24) is 0 Å². The highest BCUT2D eigenvalue weighted by molar-refractivity contribution is 5.22. The van der Waals surface area contributed by atoms with Gasteiger partial charge in [-0.25, -0.2) is 0 Å². The number of rotatable bonds is 1. The molecule has 0 aromatic heterocycles. The van der Waals surface area contributed by atoms with Crippen LogP contribution < -0.4 is 0 Å². The van der Waals surface area contributed by atoms with E-state index in [9.17, 15) is 0 Å². The summed E-state index contributed by atoms with van der Waals surface area (Å²) in [7, 11) is 0. The Morgan fingerprint density at radius 3 is 2.83 bits per heavy atom. The maximum atomic E-state index is 6.32. The van der Waals surface area contributed by atoms with Crippen LogP contribution in [-0.2, 0) is 9.47 Å². The van der Waals surface area contributed by atoms with Crippen LogP contribution >= 0.6 is 0 Å². The summed E-state index contributed by atoms with van der Waals surface area (Å²) in [6.45, 7) is 2.26. The van der Waals surface area contributed by atoms with Gasteiger partial charge < -0.3 is 9.47 Å². The first-order chi connectivity index (χ1) is 8.74. The number of hydrogen-bond acceptors (Lipinski definition) is 2. The van der Waals surface area contributed by atoms with E-state index in [2.05, 4.69) is 37.3 Å². The van der Waals surface area contributed by atoms with Gasteiger partial charge in [-0.15, -0.1) is 0 Å². The molecule has 4 rings (SSSR count). The van der Waals surface area contributed by atoms with E-state index in [1.165, 1.54) is 24.8 Å². The van der Waals surface area contributed by atoms with Gasteiger partial charge in [0.05, 0.1) is 17.8 Å². The highest BCUT2D eigenvalue weighted by Gasteiger charge is 2.58. The van der Waals surface area contributed by atoms with E-state index >= 15 is 0 Å². The molecule has 3 saturated heterocycles. The first-order valence-electron chi connectivity index (χ1n) is 7.13. The molecular weight excluding hydrogens is 224 g/mol. The third kappa shape index (κ3) is 1.70. The van der Waals surface area contributed by atoms with Crippen LogP contribution in [0.4, 0.5) is 0 Å². The van der Waals surface area contributed by atoms with Gasteiger partial charge in [0.1, 0.15) is 6.10 Å². The molecule has 96 valence electrons. The Kier molecular flexibility index (Phi) is 2.33. The lowest BCUT2D eigenvalue weighted by molar-refractivity contribution is -0.136. The summed E-state index contributed by atoms with van der Waals surface area (Å²) in [5.41, 5.74) is 1.42. The van der Waals surface area contributed by atoms with E-state index < -0.39 is 0 Å². The summed E-state index contributed by atoms with van der Waals surface area (Å²) in [5, 5.41) is 0. The van der Waals surface area contributed by atoms with Gasteiger partial charge in [-0.1, -0.05) is 30.3 Å². The highest BCUT2D eigenvalue weighted by atomic mass is 16.6. The quantitative estimate of drug-likeness (QED) is 0.707. The van der Waals surface area contributed by atoms with Crippen molar-refractivity contribution in [2.45, 2.75) is 62.4 Å². The topological polar surface area (TPSA) is 21.8 Å². The molecule has 2 bridgehead atoms. The fourth-order valence-corrected chi connectivity index (χ4v) is 3.96. The molecule has 0 radical (unpaired) electrons. The molecule has 2 heteroatoms. The molecule has 18 heavy (non-hydrogen) atoms. The molecule has 0 spiro atoms. The number of benzene rings is 1. The minimum Gasteiger partial charge on any atom is -0.369 e. The predicted octanol–water partition coefficient (Wildman–Crippen LogP) is 3.27. The van der Waals surface area contributed by atoms with Crippen molar-refractivity contribution in [3.8, 4) is 0 Å². The van der Waals surface area contributed by atoms with Gasteiger partial charge in [0.2, 0.25) is 0 Å². The Balaban J connectivity index is 1.64. The van der Waals surface area contributed by atoms with E-state index in [1.54, 1.807) is 0 Å². The van der Waals surface area contributed by atoms with Crippen LogP contribution in [0.25, 0.3) is 0 Å². The molecule has 3 heterocycles. The van der Waals surface area contributed by atoms with Crippen molar-refractivity contribution >= 4 is 0 Å². The first-order valence-corrected chi connectivity index (χ1v) is 7.13. The van der Waals surface area contributed by atoms with E-state index in [1.807, 2.05) is 0 Å². The number of epoxide rings is 1. The largest absolute Gasteiger partial charge is 0.369 e. The van der Waals surface area contributed by atoms with Crippen LogP contribution in [0.5, 0.6) is 0 Å². The molecule has 0 N–H and O–H groups in total. The lowest BCUT2D eigenvalue weighted by atomic mass is 9.79. The van der Waals surface area contributed by atoms with Crippen molar-refractivity contribution in [3.63, 3.8) is 0 Å². The summed E-state index contributed by atoms with van der Waals surface area (Å²) in [6.07, 6.45) is 5.91. The second kappa shape index (κ2) is 3.82. The molecule has 2 nitrogen and oxygen atoms in total. The van der Waals surface area contributed by atoms with Crippen molar-refractivity contribution in [2.75, 3.05) is 0 Å². The maximum absolute atomic E-state index is 6.32. The molecule has 3 fully saturated rings. The number of fused-ring (bicyclic) bond motifs is 4. The van der Waals surface area contributed by atoms with Crippen LogP contribution in [0.2, 0.25) is 0 Å². The third-order valence-corrected chi connectivity index (χ3v) is 4.86. The molecule has 0 unspecified atom stereocenters. The third-order valence-electron chi connectivity index (χ3n) is 4.86. The Bertz CT molecular complexity index is 444. The van der Waals surface area contributed by atoms with E-state index in [4.69, 9.17) is 9.47 Å². The van der Waals surface area contributed by atoms with Crippen LogP contribution in [0, 0.1) is 0 Å². The molecule has 0 saturated carbocycles. The maximum Gasteiger partial charge on any atom is 0.113 e. The van der Waals surface area contributed by atoms with Gasteiger partial charge in [0, 0.05) is 0 Å². The molecule has 5 atom stereocenters. The molecule has 0 aliphatic carbocycles. The van der Waals surface area contributed by atoms with Gasteiger partial charge in [0.25, 0.3) is 0 Å². The molecule has 0 amide bonds. The average molecular weight is 244 g/mol. The second-order valence-electron chi connectivity index (χ2n) is 6.27. The molecular formula is C16H20O2. The standard InChI is InChI=1S/C16H20O2/c1-16-10-12(11-5-3-2-4-6-11)9-13(18-16)7-8-14-15(16)17-14/h2-6,12-15H,7-10H2,1H3/t12-,13+,14+,15+,16+/m1/s1. The van der Waals surface area contributed by atoms with Crippen LogP contribution in [0.3, 0.4) is 0 Å². The van der Waals surface area contributed by atoms with E-state index in [0.29, 0.717) is 24.2 Å². The Morgan fingerprint density at radius 2 is 2.00 bits per heavy atom. The molecule has 1 aromatic carbocycles. The van der Waals surface area contributed by atoms with Gasteiger partial charge in [-0.05, 0) is 44.1 Å². The van der Waals surface area contributed by atoms with Crippen molar-refractivity contribution in [3.05, 3.63) is 35.9 Å². The molecule has 3 aliphatic rings. The van der Waals surface area contributed by atoms with Crippen molar-refractivity contribution < 1.29 is 9.47 Å². The van der Waals surface area contributed by atoms with Gasteiger partial charge in [-0.2, -0.15) is 0 Å². The zero-order chi connectivity index (χ0) is 12.2. The lowest BCUT2D eigenvalue weighted by Crippen LogP contribution is -2.44. The summed E-state index contributed by atoms with van der Waals surface area (Å²) in [6, 6.07) is 10.9. The second-order valence-corrected chi connectivity index (χ2v) is 6.27. The van der Waals surface area contributed by atoms with Gasteiger partial charge >= 0.3 is 0 Å². The minimum absolute atomic E-state index is 0.0510. The van der Waals surface area contributed by atoms with Crippen LogP contribution in [0.1, 0.15) is 44.1 Å². The monoisotopic (exact) mass is 244 g/mol. The molecule has 1 aromatic rings. The SMILES string of the molecule is C[C@]12C[C@H](c3ccccc3)C[C@H](CC[C@@H]3O[C@@H]31)O2. The normalized spacial score (nSPS) is 46.1. The Morgan fingerprint density at radius 1 is 1.17 bits per heavy atom. The average Bonchev–Trinajstić information content (AvgIpc) is 3.17. The fourth-order valence-electron chi connectivity index (χ4n) is 3.96. The van der Waals surface area contributed by atoms with E-state index in [-0.39, 0.29) is 5.60 Å². The predicted molar refractivity (Wildman–Crippen MR) is 69.6 cm³/mol. The van der Waals surface area contributed by atoms with E-state index in [0.717, 1.165) is 6.42 Å². The van der Waals surface area contributed by atoms with Gasteiger partial charge in [-0.3, -0.25) is 0 Å². The lowest BCUT2D eigenvalue weighted by Gasteiger charge is -2.41. The summed E-state index contributed by atoms with van der Waals surface area (Å²) < 4.78 is 12.1. The molecule has 3 aliphatic heterocycles.